The average Bonchev–Trinajstić information content (AvgIpc) is 2.34. The molecule has 1 amide bonds. The molecule has 0 bridgehead atoms. The number of aliphatic hydroxyl groups is 1. The molecule has 2 atom stereocenters. The van der Waals surface area contributed by atoms with Crippen molar-refractivity contribution in [2.75, 3.05) is 13.1 Å². The minimum atomic E-state index is -0.167. The second kappa shape index (κ2) is 7.85. The fourth-order valence-corrected chi connectivity index (χ4v) is 2.76. The first-order chi connectivity index (χ1) is 8.93. The van der Waals surface area contributed by atoms with Crippen LogP contribution in [0.5, 0.6) is 0 Å². The van der Waals surface area contributed by atoms with Crippen molar-refractivity contribution in [3.05, 3.63) is 0 Å². The Morgan fingerprint density at radius 3 is 2.74 bits per heavy atom. The van der Waals surface area contributed by atoms with Crippen molar-refractivity contribution in [2.45, 2.75) is 64.9 Å². The number of hydrogen-bond acceptors (Lipinski definition) is 3. The van der Waals surface area contributed by atoms with E-state index in [0.29, 0.717) is 25.4 Å². The third kappa shape index (κ3) is 6.92. The first-order valence-electron chi connectivity index (χ1n) is 7.58. The molecule has 0 aromatic carbocycles. The van der Waals surface area contributed by atoms with E-state index in [1.54, 1.807) is 0 Å². The summed E-state index contributed by atoms with van der Waals surface area (Å²) < 4.78 is 0. The lowest BCUT2D eigenvalue weighted by Gasteiger charge is -2.26. The van der Waals surface area contributed by atoms with Crippen LogP contribution in [-0.4, -0.2) is 30.2 Å². The molecule has 2 unspecified atom stereocenters. The maximum absolute atomic E-state index is 11.8. The number of amides is 1. The highest BCUT2D eigenvalue weighted by Crippen LogP contribution is 2.26. The molecule has 1 rings (SSSR count). The fraction of sp³-hybridized carbons (Fsp3) is 0.933. The van der Waals surface area contributed by atoms with E-state index in [0.717, 1.165) is 38.5 Å². The molecule has 4 heteroatoms. The standard InChI is InChI=1S/C15H30N2O2/c1-15(2,8-9-16)7-6-14(19)17-11-12-4-3-5-13(18)10-12/h12-13,18H,3-11,16H2,1-2H3,(H,17,19). The SMILES string of the molecule is CC(C)(CCN)CCC(=O)NCC1CCCC(O)C1. The van der Waals surface area contributed by atoms with E-state index in [-0.39, 0.29) is 17.4 Å². The summed E-state index contributed by atoms with van der Waals surface area (Å²) in [7, 11) is 0. The predicted octanol–water partition coefficient (Wildman–Crippen LogP) is 1.81. The van der Waals surface area contributed by atoms with E-state index in [9.17, 15) is 9.90 Å². The molecule has 1 saturated carbocycles. The van der Waals surface area contributed by atoms with E-state index in [1.165, 1.54) is 0 Å². The van der Waals surface area contributed by atoms with Crippen molar-refractivity contribution >= 4 is 5.91 Å². The summed E-state index contributed by atoms with van der Waals surface area (Å²) in [6.45, 7) is 5.71. The number of nitrogens with two attached hydrogens (primary N) is 1. The Kier molecular flexibility index (Phi) is 6.80. The normalized spacial score (nSPS) is 24.2. The zero-order valence-corrected chi connectivity index (χ0v) is 12.5. The van der Waals surface area contributed by atoms with Crippen molar-refractivity contribution in [3.8, 4) is 0 Å². The van der Waals surface area contributed by atoms with Gasteiger partial charge in [-0.2, -0.15) is 0 Å². The molecule has 112 valence electrons. The van der Waals surface area contributed by atoms with Crippen molar-refractivity contribution in [3.63, 3.8) is 0 Å². The third-order valence-electron chi connectivity index (χ3n) is 4.19. The molecule has 4 N–H and O–H groups in total. The lowest BCUT2D eigenvalue weighted by Crippen LogP contribution is -2.33. The third-order valence-corrected chi connectivity index (χ3v) is 4.19. The van der Waals surface area contributed by atoms with Crippen LogP contribution in [0.25, 0.3) is 0 Å². The molecule has 0 aromatic rings. The first kappa shape index (κ1) is 16.4. The van der Waals surface area contributed by atoms with E-state index < -0.39 is 0 Å². The fourth-order valence-electron chi connectivity index (χ4n) is 2.76. The molecule has 0 radical (unpaired) electrons. The average molecular weight is 270 g/mol. The van der Waals surface area contributed by atoms with Crippen LogP contribution >= 0.6 is 0 Å². The minimum absolute atomic E-state index is 0.130. The summed E-state index contributed by atoms with van der Waals surface area (Å²) in [5, 5.41) is 12.6. The molecule has 0 heterocycles. The lowest BCUT2D eigenvalue weighted by atomic mass is 9.84. The Bertz CT molecular complexity index is 279. The second-order valence-corrected chi connectivity index (χ2v) is 6.69. The first-order valence-corrected chi connectivity index (χ1v) is 7.58. The van der Waals surface area contributed by atoms with Crippen LogP contribution in [0.4, 0.5) is 0 Å². The summed E-state index contributed by atoms with van der Waals surface area (Å²) in [6, 6.07) is 0. The van der Waals surface area contributed by atoms with E-state index in [4.69, 9.17) is 5.73 Å². The monoisotopic (exact) mass is 270 g/mol. The molecule has 0 saturated heterocycles. The number of aliphatic hydroxyl groups excluding tert-OH is 1. The number of hydrogen-bond donors (Lipinski definition) is 3. The molecular formula is C15H30N2O2. The number of carbonyl (C=O) groups is 1. The van der Waals surface area contributed by atoms with Gasteiger partial charge in [-0.1, -0.05) is 20.3 Å². The van der Waals surface area contributed by atoms with Gasteiger partial charge in [0.15, 0.2) is 0 Å². The summed E-state index contributed by atoms with van der Waals surface area (Å²) in [5.74, 6) is 0.579. The maximum atomic E-state index is 11.8. The summed E-state index contributed by atoms with van der Waals surface area (Å²) in [4.78, 5) is 11.8. The zero-order valence-electron chi connectivity index (χ0n) is 12.5. The van der Waals surface area contributed by atoms with Crippen LogP contribution in [0.15, 0.2) is 0 Å². The van der Waals surface area contributed by atoms with Gasteiger partial charge >= 0.3 is 0 Å². The van der Waals surface area contributed by atoms with Gasteiger partial charge in [0.1, 0.15) is 0 Å². The summed E-state index contributed by atoms with van der Waals surface area (Å²) in [5.41, 5.74) is 5.71. The van der Waals surface area contributed by atoms with Gasteiger partial charge in [0, 0.05) is 13.0 Å². The predicted molar refractivity (Wildman–Crippen MR) is 77.7 cm³/mol. The van der Waals surface area contributed by atoms with Crippen molar-refractivity contribution in [1.82, 2.24) is 5.32 Å². The summed E-state index contributed by atoms with van der Waals surface area (Å²) in [6.07, 6.45) is 6.18. The van der Waals surface area contributed by atoms with Crippen molar-refractivity contribution in [1.29, 1.82) is 0 Å². The Morgan fingerprint density at radius 1 is 1.37 bits per heavy atom. The maximum Gasteiger partial charge on any atom is 0.220 e. The smallest absolute Gasteiger partial charge is 0.220 e. The van der Waals surface area contributed by atoms with Gasteiger partial charge in [0.2, 0.25) is 5.91 Å². The molecule has 1 fully saturated rings. The van der Waals surface area contributed by atoms with Gasteiger partial charge < -0.3 is 16.2 Å². The summed E-state index contributed by atoms with van der Waals surface area (Å²) >= 11 is 0. The quantitative estimate of drug-likeness (QED) is 0.660. The molecular weight excluding hydrogens is 240 g/mol. The highest BCUT2D eigenvalue weighted by Gasteiger charge is 2.21. The van der Waals surface area contributed by atoms with E-state index in [1.807, 2.05) is 0 Å². The van der Waals surface area contributed by atoms with E-state index in [2.05, 4.69) is 19.2 Å². The van der Waals surface area contributed by atoms with Gasteiger partial charge in [-0.25, -0.2) is 0 Å². The number of nitrogens with one attached hydrogen (secondary N) is 1. The van der Waals surface area contributed by atoms with E-state index >= 15 is 0 Å². The lowest BCUT2D eigenvalue weighted by molar-refractivity contribution is -0.122. The Labute approximate surface area is 117 Å². The molecule has 0 aromatic heterocycles. The number of rotatable bonds is 7. The van der Waals surface area contributed by atoms with Gasteiger partial charge in [-0.05, 0) is 50.0 Å². The Hall–Kier alpha value is -0.610. The number of carbonyl (C=O) groups excluding carboxylic acids is 1. The topological polar surface area (TPSA) is 75.4 Å². The van der Waals surface area contributed by atoms with Crippen molar-refractivity contribution < 1.29 is 9.90 Å². The van der Waals surface area contributed by atoms with Crippen LogP contribution < -0.4 is 11.1 Å². The Morgan fingerprint density at radius 2 is 2.11 bits per heavy atom. The van der Waals surface area contributed by atoms with Gasteiger partial charge in [0.25, 0.3) is 0 Å². The Balaban J connectivity index is 2.17. The molecule has 1 aliphatic rings. The van der Waals surface area contributed by atoms with Crippen LogP contribution in [0.2, 0.25) is 0 Å². The van der Waals surface area contributed by atoms with Gasteiger partial charge in [-0.3, -0.25) is 4.79 Å². The van der Waals surface area contributed by atoms with Crippen LogP contribution in [0, 0.1) is 11.3 Å². The van der Waals surface area contributed by atoms with Crippen LogP contribution in [-0.2, 0) is 4.79 Å². The highest BCUT2D eigenvalue weighted by atomic mass is 16.3. The molecule has 4 nitrogen and oxygen atoms in total. The molecule has 1 aliphatic carbocycles. The van der Waals surface area contributed by atoms with Gasteiger partial charge in [-0.15, -0.1) is 0 Å². The van der Waals surface area contributed by atoms with Crippen molar-refractivity contribution in [2.24, 2.45) is 17.1 Å². The molecule has 0 aliphatic heterocycles. The van der Waals surface area contributed by atoms with Gasteiger partial charge in [0.05, 0.1) is 6.10 Å². The van der Waals surface area contributed by atoms with Crippen LogP contribution in [0.3, 0.4) is 0 Å². The highest BCUT2D eigenvalue weighted by molar-refractivity contribution is 5.75. The molecule has 0 spiro atoms. The minimum Gasteiger partial charge on any atom is -0.393 e. The second-order valence-electron chi connectivity index (χ2n) is 6.69. The molecule has 19 heavy (non-hydrogen) atoms. The van der Waals surface area contributed by atoms with Crippen LogP contribution in [0.1, 0.15) is 58.8 Å². The zero-order chi connectivity index (χ0) is 14.3. The largest absolute Gasteiger partial charge is 0.393 e.